The molecule has 0 aliphatic heterocycles. The number of hydrogen-bond acceptors (Lipinski definition) is 4. The molecule has 1 fully saturated rings. The first-order valence-corrected chi connectivity index (χ1v) is 9.60. The first kappa shape index (κ1) is 18.3. The van der Waals surface area contributed by atoms with Crippen LogP contribution >= 0.6 is 0 Å². The summed E-state index contributed by atoms with van der Waals surface area (Å²) >= 11 is 0. The SMILES string of the molecule is Cc1cccc(Oc2nc3cc(OC4CCC(C(=O)O)CC4)ccc3n2C)c1. The lowest BCUT2D eigenvalue weighted by Crippen LogP contribution is -2.27. The Morgan fingerprint density at radius 1 is 1.11 bits per heavy atom. The molecule has 28 heavy (non-hydrogen) atoms. The van der Waals surface area contributed by atoms with Crippen LogP contribution in [0, 0.1) is 12.8 Å². The molecule has 1 saturated carbocycles. The van der Waals surface area contributed by atoms with Gasteiger partial charge in [0.25, 0.3) is 0 Å². The Bertz CT molecular complexity index is 1000. The number of hydrogen-bond donors (Lipinski definition) is 1. The molecule has 0 spiro atoms. The molecule has 146 valence electrons. The van der Waals surface area contributed by atoms with E-state index in [-0.39, 0.29) is 12.0 Å². The van der Waals surface area contributed by atoms with E-state index in [1.165, 1.54) is 0 Å². The topological polar surface area (TPSA) is 73.6 Å². The minimum atomic E-state index is -0.700. The maximum Gasteiger partial charge on any atom is 0.306 e. The Morgan fingerprint density at radius 2 is 1.89 bits per heavy atom. The number of imidazole rings is 1. The highest BCUT2D eigenvalue weighted by Gasteiger charge is 2.27. The first-order chi connectivity index (χ1) is 13.5. The van der Waals surface area contributed by atoms with Crippen molar-refractivity contribution in [2.75, 3.05) is 0 Å². The summed E-state index contributed by atoms with van der Waals surface area (Å²) in [4.78, 5) is 15.7. The van der Waals surface area contributed by atoms with Gasteiger partial charge < -0.3 is 14.6 Å². The van der Waals surface area contributed by atoms with Crippen molar-refractivity contribution in [2.24, 2.45) is 13.0 Å². The van der Waals surface area contributed by atoms with E-state index in [0.29, 0.717) is 18.9 Å². The third-order valence-electron chi connectivity index (χ3n) is 5.34. The Morgan fingerprint density at radius 3 is 2.61 bits per heavy atom. The van der Waals surface area contributed by atoms with Crippen LogP contribution in [0.1, 0.15) is 31.2 Å². The third kappa shape index (κ3) is 3.81. The molecule has 0 bridgehead atoms. The average Bonchev–Trinajstić information content (AvgIpc) is 2.97. The summed E-state index contributed by atoms with van der Waals surface area (Å²) in [5.41, 5.74) is 2.90. The van der Waals surface area contributed by atoms with Gasteiger partial charge in [-0.05, 0) is 62.4 Å². The van der Waals surface area contributed by atoms with Crippen molar-refractivity contribution in [1.29, 1.82) is 0 Å². The normalized spacial score (nSPS) is 19.5. The second kappa shape index (κ2) is 7.54. The zero-order valence-electron chi connectivity index (χ0n) is 16.1. The van der Waals surface area contributed by atoms with Crippen LogP contribution < -0.4 is 9.47 Å². The van der Waals surface area contributed by atoms with Gasteiger partial charge in [0.1, 0.15) is 11.5 Å². The molecular weight excluding hydrogens is 356 g/mol. The van der Waals surface area contributed by atoms with Gasteiger partial charge in [0.05, 0.1) is 23.1 Å². The summed E-state index contributed by atoms with van der Waals surface area (Å²) in [6, 6.07) is 14.2. The van der Waals surface area contributed by atoms with Crippen molar-refractivity contribution in [1.82, 2.24) is 9.55 Å². The quantitative estimate of drug-likeness (QED) is 0.695. The molecule has 1 aliphatic carbocycles. The van der Waals surface area contributed by atoms with E-state index in [2.05, 4.69) is 4.98 Å². The second-order valence-corrected chi connectivity index (χ2v) is 7.45. The lowest BCUT2D eigenvalue weighted by atomic mass is 9.87. The minimum absolute atomic E-state index is 0.0553. The highest BCUT2D eigenvalue weighted by molar-refractivity contribution is 5.78. The number of carboxylic acid groups (broad SMARTS) is 1. The summed E-state index contributed by atoms with van der Waals surface area (Å²) < 4.78 is 14.0. The Labute approximate surface area is 163 Å². The van der Waals surface area contributed by atoms with Crippen LogP contribution in [0.3, 0.4) is 0 Å². The molecule has 1 heterocycles. The van der Waals surface area contributed by atoms with Crippen LogP contribution in [0.25, 0.3) is 11.0 Å². The molecule has 1 aliphatic rings. The Kier molecular flexibility index (Phi) is 4.94. The second-order valence-electron chi connectivity index (χ2n) is 7.45. The fourth-order valence-electron chi connectivity index (χ4n) is 3.73. The molecule has 0 radical (unpaired) electrons. The molecular formula is C22H24N2O4. The van der Waals surface area contributed by atoms with E-state index in [0.717, 1.165) is 40.9 Å². The number of aromatic nitrogens is 2. The van der Waals surface area contributed by atoms with Gasteiger partial charge in [-0.25, -0.2) is 0 Å². The number of rotatable bonds is 5. The van der Waals surface area contributed by atoms with Gasteiger partial charge in [-0.3, -0.25) is 9.36 Å². The third-order valence-corrected chi connectivity index (χ3v) is 5.34. The fraction of sp³-hybridized carbons (Fsp3) is 0.364. The van der Waals surface area contributed by atoms with Crippen molar-refractivity contribution in [3.05, 3.63) is 48.0 Å². The van der Waals surface area contributed by atoms with Gasteiger partial charge in [0.15, 0.2) is 0 Å². The van der Waals surface area contributed by atoms with Crippen LogP contribution in [0.2, 0.25) is 0 Å². The van der Waals surface area contributed by atoms with Crippen molar-refractivity contribution in [3.63, 3.8) is 0 Å². The van der Waals surface area contributed by atoms with Gasteiger partial charge in [-0.1, -0.05) is 12.1 Å². The van der Waals surface area contributed by atoms with E-state index >= 15 is 0 Å². The summed E-state index contributed by atoms with van der Waals surface area (Å²) in [6.45, 7) is 2.02. The molecule has 2 aromatic carbocycles. The number of carbonyl (C=O) groups is 1. The zero-order valence-corrected chi connectivity index (χ0v) is 16.1. The smallest absolute Gasteiger partial charge is 0.306 e. The molecule has 1 aromatic heterocycles. The van der Waals surface area contributed by atoms with Gasteiger partial charge in [-0.15, -0.1) is 0 Å². The van der Waals surface area contributed by atoms with Crippen molar-refractivity contribution in [3.8, 4) is 17.5 Å². The van der Waals surface area contributed by atoms with Gasteiger partial charge in [0, 0.05) is 13.1 Å². The number of nitrogens with zero attached hydrogens (tertiary/aromatic N) is 2. The number of carboxylic acids is 1. The average molecular weight is 380 g/mol. The summed E-state index contributed by atoms with van der Waals surface area (Å²) in [5.74, 6) is 0.575. The van der Waals surface area contributed by atoms with E-state index in [9.17, 15) is 4.79 Å². The number of aryl methyl sites for hydroxylation is 2. The maximum absolute atomic E-state index is 11.1. The molecule has 0 saturated heterocycles. The molecule has 4 rings (SSSR count). The number of fused-ring (bicyclic) bond motifs is 1. The molecule has 0 unspecified atom stereocenters. The molecule has 1 N–H and O–H groups in total. The molecule has 3 aromatic rings. The van der Waals surface area contributed by atoms with Crippen molar-refractivity contribution >= 4 is 17.0 Å². The summed E-state index contributed by atoms with van der Waals surface area (Å²) in [6.07, 6.45) is 2.91. The number of aliphatic carboxylic acids is 1. The highest BCUT2D eigenvalue weighted by atomic mass is 16.5. The summed E-state index contributed by atoms with van der Waals surface area (Å²) in [5, 5.41) is 9.12. The van der Waals surface area contributed by atoms with Crippen molar-refractivity contribution < 1.29 is 19.4 Å². The van der Waals surface area contributed by atoms with Gasteiger partial charge in [0.2, 0.25) is 0 Å². The zero-order chi connectivity index (χ0) is 19.7. The van der Waals surface area contributed by atoms with Gasteiger partial charge >= 0.3 is 12.0 Å². The summed E-state index contributed by atoms with van der Waals surface area (Å²) in [7, 11) is 1.92. The van der Waals surface area contributed by atoms with Crippen molar-refractivity contribution in [2.45, 2.75) is 38.7 Å². The van der Waals surface area contributed by atoms with E-state index in [1.807, 2.05) is 61.0 Å². The van der Waals surface area contributed by atoms with E-state index in [1.54, 1.807) is 0 Å². The Balaban J connectivity index is 1.49. The minimum Gasteiger partial charge on any atom is -0.490 e. The standard InChI is InChI=1S/C22H24N2O4/c1-14-4-3-5-17(12-14)28-22-23-19-13-18(10-11-20(19)24(22)2)27-16-8-6-15(7-9-16)21(25)26/h3-5,10-13,15-16H,6-9H2,1-2H3,(H,25,26). The first-order valence-electron chi connectivity index (χ1n) is 9.60. The van der Waals surface area contributed by atoms with Gasteiger partial charge in [-0.2, -0.15) is 4.98 Å². The fourth-order valence-corrected chi connectivity index (χ4v) is 3.73. The lowest BCUT2D eigenvalue weighted by molar-refractivity contribution is -0.143. The predicted molar refractivity (Wildman–Crippen MR) is 106 cm³/mol. The molecule has 0 amide bonds. The van der Waals surface area contributed by atoms with E-state index in [4.69, 9.17) is 14.6 Å². The maximum atomic E-state index is 11.1. The highest BCUT2D eigenvalue weighted by Crippen LogP contribution is 2.31. The number of benzene rings is 2. The predicted octanol–water partition coefficient (Wildman–Crippen LogP) is 4.70. The lowest BCUT2D eigenvalue weighted by Gasteiger charge is -2.26. The van der Waals surface area contributed by atoms with Crippen LogP contribution in [-0.4, -0.2) is 26.7 Å². The van der Waals surface area contributed by atoms with Crippen LogP contribution in [0.15, 0.2) is 42.5 Å². The Hall–Kier alpha value is -3.02. The monoisotopic (exact) mass is 380 g/mol. The molecule has 6 nitrogen and oxygen atoms in total. The molecule has 0 atom stereocenters. The van der Waals surface area contributed by atoms with E-state index < -0.39 is 5.97 Å². The van der Waals surface area contributed by atoms with Crippen LogP contribution in [0.4, 0.5) is 0 Å². The van der Waals surface area contributed by atoms with Crippen LogP contribution in [-0.2, 0) is 11.8 Å². The largest absolute Gasteiger partial charge is 0.490 e. The number of ether oxygens (including phenoxy) is 2. The van der Waals surface area contributed by atoms with Crippen LogP contribution in [0.5, 0.6) is 17.5 Å². The molecule has 6 heteroatoms.